The fourth-order valence-corrected chi connectivity index (χ4v) is 5.66. The van der Waals surface area contributed by atoms with Crippen molar-refractivity contribution in [2.75, 3.05) is 32.7 Å². The monoisotopic (exact) mass is 435 g/mol. The second-order valence-corrected chi connectivity index (χ2v) is 10.4. The number of thiophene rings is 1. The van der Waals surface area contributed by atoms with E-state index in [1.54, 1.807) is 27.8 Å². The van der Waals surface area contributed by atoms with Crippen LogP contribution in [0.3, 0.4) is 0 Å². The minimum atomic E-state index is -3.50. The van der Waals surface area contributed by atoms with Gasteiger partial charge in [-0.05, 0) is 50.3 Å². The summed E-state index contributed by atoms with van der Waals surface area (Å²) in [6.07, 6.45) is 1.54. The largest absolute Gasteiger partial charge is 0.354 e. The molecule has 0 aliphatic carbocycles. The molecule has 1 amide bonds. The van der Waals surface area contributed by atoms with Gasteiger partial charge in [-0.2, -0.15) is 4.31 Å². The molecule has 2 heterocycles. The Morgan fingerprint density at radius 3 is 2.59 bits per heavy atom. The Morgan fingerprint density at radius 1 is 1.14 bits per heavy atom. The Labute approximate surface area is 177 Å². The molecule has 1 fully saturated rings. The van der Waals surface area contributed by atoms with Crippen LogP contribution in [-0.2, 0) is 21.2 Å². The predicted molar refractivity (Wildman–Crippen MR) is 117 cm³/mol. The zero-order valence-electron chi connectivity index (χ0n) is 17.0. The average molecular weight is 436 g/mol. The molecule has 1 N–H and O–H groups in total. The number of amides is 1. The number of hydrogen-bond acceptors (Lipinski definition) is 5. The standard InChI is InChI=1S/C21H29N3O3S2/c1-17-6-8-20(9-7-17)29(26,27)24-13-4-12-23(14-15-24)18(2)21(25)22-11-10-19-5-3-16-28-19/h3,5-9,16,18H,4,10-15H2,1-2H3,(H,22,25)/t18-/m0/s1. The van der Waals surface area contributed by atoms with Gasteiger partial charge in [-0.15, -0.1) is 11.3 Å². The fraction of sp³-hybridized carbons (Fsp3) is 0.476. The number of aryl methyl sites for hydroxylation is 1. The van der Waals surface area contributed by atoms with E-state index in [1.807, 2.05) is 37.4 Å². The summed E-state index contributed by atoms with van der Waals surface area (Å²) in [6, 6.07) is 10.8. The van der Waals surface area contributed by atoms with Crippen LogP contribution >= 0.6 is 11.3 Å². The number of nitrogens with one attached hydrogen (secondary N) is 1. The second-order valence-electron chi connectivity index (χ2n) is 7.40. The maximum Gasteiger partial charge on any atom is 0.243 e. The zero-order valence-corrected chi connectivity index (χ0v) is 18.6. The molecule has 0 saturated carbocycles. The van der Waals surface area contributed by atoms with Crippen LogP contribution in [-0.4, -0.2) is 62.3 Å². The van der Waals surface area contributed by atoms with E-state index in [0.29, 0.717) is 44.0 Å². The predicted octanol–water partition coefficient (Wildman–Crippen LogP) is 2.50. The molecular weight excluding hydrogens is 406 g/mol. The first-order chi connectivity index (χ1) is 13.9. The molecule has 2 aromatic rings. The highest BCUT2D eigenvalue weighted by Crippen LogP contribution is 2.19. The van der Waals surface area contributed by atoms with Gasteiger partial charge in [-0.1, -0.05) is 23.8 Å². The lowest BCUT2D eigenvalue weighted by molar-refractivity contribution is -0.125. The number of nitrogens with zero attached hydrogens (tertiary/aromatic N) is 2. The van der Waals surface area contributed by atoms with Crippen molar-refractivity contribution in [2.24, 2.45) is 0 Å². The van der Waals surface area contributed by atoms with Crippen molar-refractivity contribution in [2.45, 2.75) is 37.6 Å². The smallest absolute Gasteiger partial charge is 0.243 e. The van der Waals surface area contributed by atoms with Gasteiger partial charge < -0.3 is 5.32 Å². The Kier molecular flexibility index (Phi) is 7.45. The summed E-state index contributed by atoms with van der Waals surface area (Å²) in [6.45, 7) is 6.57. The highest BCUT2D eigenvalue weighted by molar-refractivity contribution is 7.89. The lowest BCUT2D eigenvalue weighted by Gasteiger charge is -2.27. The minimum absolute atomic E-state index is 0.00334. The lowest BCUT2D eigenvalue weighted by Crippen LogP contribution is -2.47. The summed E-state index contributed by atoms with van der Waals surface area (Å²) in [4.78, 5) is 16.2. The third-order valence-corrected chi connectivity index (χ3v) is 8.18. The average Bonchev–Trinajstić information content (AvgIpc) is 3.09. The van der Waals surface area contributed by atoms with E-state index in [1.165, 1.54) is 4.88 Å². The number of carbonyl (C=O) groups is 1. The Morgan fingerprint density at radius 2 is 1.90 bits per heavy atom. The van der Waals surface area contributed by atoms with Crippen LogP contribution in [0.4, 0.5) is 0 Å². The van der Waals surface area contributed by atoms with E-state index in [-0.39, 0.29) is 11.9 Å². The number of benzene rings is 1. The van der Waals surface area contributed by atoms with E-state index in [2.05, 4.69) is 16.3 Å². The molecule has 1 aromatic heterocycles. The van der Waals surface area contributed by atoms with Crippen molar-refractivity contribution in [1.29, 1.82) is 0 Å². The molecule has 1 aliphatic rings. The normalized spacial score (nSPS) is 17.6. The van der Waals surface area contributed by atoms with Crippen LogP contribution < -0.4 is 5.32 Å². The molecule has 0 radical (unpaired) electrons. The summed E-state index contributed by atoms with van der Waals surface area (Å²) >= 11 is 1.69. The molecule has 0 unspecified atom stereocenters. The Hall–Kier alpha value is -1.74. The topological polar surface area (TPSA) is 69.7 Å². The lowest BCUT2D eigenvalue weighted by atomic mass is 10.2. The van der Waals surface area contributed by atoms with Gasteiger partial charge >= 0.3 is 0 Å². The third kappa shape index (κ3) is 5.66. The van der Waals surface area contributed by atoms with Gasteiger partial charge in [0.05, 0.1) is 10.9 Å². The van der Waals surface area contributed by atoms with Gasteiger partial charge in [0, 0.05) is 37.6 Å². The second kappa shape index (κ2) is 9.84. The SMILES string of the molecule is Cc1ccc(S(=O)(=O)N2CCCN([C@@H](C)C(=O)NCCc3cccs3)CC2)cc1. The van der Waals surface area contributed by atoms with E-state index in [4.69, 9.17) is 0 Å². The molecule has 1 aromatic carbocycles. The van der Waals surface area contributed by atoms with Gasteiger partial charge in [-0.3, -0.25) is 9.69 Å². The molecule has 1 aliphatic heterocycles. The minimum Gasteiger partial charge on any atom is -0.354 e. The summed E-state index contributed by atoms with van der Waals surface area (Å²) in [5, 5.41) is 5.04. The van der Waals surface area contributed by atoms with Gasteiger partial charge in [0.2, 0.25) is 15.9 Å². The Bertz CT molecular complexity index is 896. The number of sulfonamides is 1. The fourth-order valence-electron chi connectivity index (χ4n) is 3.48. The van der Waals surface area contributed by atoms with Crippen molar-refractivity contribution < 1.29 is 13.2 Å². The maximum atomic E-state index is 12.9. The van der Waals surface area contributed by atoms with Crippen LogP contribution in [0.2, 0.25) is 0 Å². The van der Waals surface area contributed by atoms with Gasteiger partial charge in [-0.25, -0.2) is 8.42 Å². The maximum absolute atomic E-state index is 12.9. The van der Waals surface area contributed by atoms with Gasteiger partial charge in [0.1, 0.15) is 0 Å². The molecule has 158 valence electrons. The highest BCUT2D eigenvalue weighted by Gasteiger charge is 2.29. The van der Waals surface area contributed by atoms with Crippen molar-refractivity contribution in [3.63, 3.8) is 0 Å². The van der Waals surface area contributed by atoms with Gasteiger partial charge in [0.25, 0.3) is 0 Å². The van der Waals surface area contributed by atoms with Crippen molar-refractivity contribution in [3.05, 3.63) is 52.2 Å². The first kappa shape index (κ1) is 22.0. The van der Waals surface area contributed by atoms with Crippen molar-refractivity contribution >= 4 is 27.3 Å². The van der Waals surface area contributed by atoms with Crippen molar-refractivity contribution in [3.8, 4) is 0 Å². The van der Waals surface area contributed by atoms with Gasteiger partial charge in [0.15, 0.2) is 0 Å². The summed E-state index contributed by atoms with van der Waals surface area (Å²) < 4.78 is 27.4. The molecule has 1 saturated heterocycles. The zero-order chi connectivity index (χ0) is 20.9. The van der Waals surface area contributed by atoms with Crippen LogP contribution in [0.5, 0.6) is 0 Å². The molecule has 0 bridgehead atoms. The highest BCUT2D eigenvalue weighted by atomic mass is 32.2. The molecule has 3 rings (SSSR count). The molecule has 6 nitrogen and oxygen atoms in total. The van der Waals surface area contributed by atoms with Crippen LogP contribution in [0.15, 0.2) is 46.7 Å². The van der Waals surface area contributed by atoms with E-state index >= 15 is 0 Å². The summed E-state index contributed by atoms with van der Waals surface area (Å²) in [5.74, 6) is -0.00334. The van der Waals surface area contributed by atoms with Crippen LogP contribution in [0, 0.1) is 6.92 Å². The van der Waals surface area contributed by atoms with E-state index in [0.717, 1.165) is 12.0 Å². The van der Waals surface area contributed by atoms with Crippen molar-refractivity contribution in [1.82, 2.24) is 14.5 Å². The van der Waals surface area contributed by atoms with E-state index < -0.39 is 10.0 Å². The number of carbonyl (C=O) groups excluding carboxylic acids is 1. The molecule has 0 spiro atoms. The van der Waals surface area contributed by atoms with E-state index in [9.17, 15) is 13.2 Å². The number of rotatable bonds is 7. The molecule has 29 heavy (non-hydrogen) atoms. The summed E-state index contributed by atoms with van der Waals surface area (Å²) in [5.41, 5.74) is 1.03. The third-order valence-electron chi connectivity index (χ3n) is 5.33. The quantitative estimate of drug-likeness (QED) is 0.726. The molecule has 8 heteroatoms. The first-order valence-electron chi connectivity index (χ1n) is 9.99. The molecule has 1 atom stereocenters. The molecular formula is C21H29N3O3S2. The number of hydrogen-bond donors (Lipinski definition) is 1. The van der Waals surface area contributed by atoms with Crippen LogP contribution in [0.25, 0.3) is 0 Å². The Balaban J connectivity index is 1.54. The summed E-state index contributed by atoms with van der Waals surface area (Å²) in [7, 11) is -3.50. The van der Waals surface area contributed by atoms with Crippen LogP contribution in [0.1, 0.15) is 23.8 Å². The first-order valence-corrected chi connectivity index (χ1v) is 12.3.